The largest absolute Gasteiger partial charge is 0.461 e. The number of rotatable bonds is 5. The van der Waals surface area contributed by atoms with Gasteiger partial charge in [0.1, 0.15) is 0 Å². The molecular formula is C13H16N2O2S2. The molecule has 0 atom stereocenters. The second-order valence-corrected chi connectivity index (χ2v) is 6.07. The first kappa shape index (κ1) is 14.0. The summed E-state index contributed by atoms with van der Waals surface area (Å²) in [6.07, 6.45) is 0. The topological polar surface area (TPSA) is 42.4 Å². The molecule has 0 aliphatic rings. The number of hydrogen-bond donors (Lipinski definition) is 0. The molecule has 0 N–H and O–H groups in total. The minimum absolute atomic E-state index is 0.341. The lowest BCUT2D eigenvalue weighted by atomic mass is 10.3. The Kier molecular flexibility index (Phi) is 4.55. The number of aromatic nitrogens is 1. The van der Waals surface area contributed by atoms with Crippen molar-refractivity contribution >= 4 is 33.8 Å². The predicted octanol–water partition coefficient (Wildman–Crippen LogP) is 3.33. The van der Waals surface area contributed by atoms with E-state index in [0.29, 0.717) is 12.3 Å². The molecule has 2 heterocycles. The van der Waals surface area contributed by atoms with Crippen LogP contribution in [0.5, 0.6) is 0 Å². The number of aryl methyl sites for hydroxylation is 1. The smallest absolute Gasteiger partial charge is 0.358 e. The van der Waals surface area contributed by atoms with Crippen molar-refractivity contribution in [3.05, 3.63) is 33.0 Å². The highest BCUT2D eigenvalue weighted by molar-refractivity contribution is 7.15. The van der Waals surface area contributed by atoms with Crippen molar-refractivity contribution in [1.29, 1.82) is 0 Å². The molecule has 0 bridgehead atoms. The van der Waals surface area contributed by atoms with Crippen molar-refractivity contribution in [3.63, 3.8) is 0 Å². The Hall–Kier alpha value is -1.40. The fourth-order valence-electron chi connectivity index (χ4n) is 1.66. The summed E-state index contributed by atoms with van der Waals surface area (Å²) < 4.78 is 5.00. The molecule has 2 rings (SSSR count). The highest BCUT2D eigenvalue weighted by Gasteiger charge is 2.18. The Morgan fingerprint density at radius 1 is 1.53 bits per heavy atom. The maximum absolute atomic E-state index is 11.7. The number of thiophene rings is 1. The molecule has 0 aromatic carbocycles. The predicted molar refractivity (Wildman–Crippen MR) is 79.2 cm³/mol. The third-order valence-corrected chi connectivity index (χ3v) is 4.40. The number of hydrogen-bond acceptors (Lipinski definition) is 6. The number of carbonyl (C=O) groups excluding carboxylic acids is 1. The van der Waals surface area contributed by atoms with Gasteiger partial charge in [-0.2, -0.15) is 11.3 Å². The normalized spacial score (nSPS) is 10.5. The van der Waals surface area contributed by atoms with Gasteiger partial charge in [-0.3, -0.25) is 0 Å². The second kappa shape index (κ2) is 6.16. The van der Waals surface area contributed by atoms with Crippen LogP contribution in [0, 0.1) is 6.92 Å². The SMILES string of the molecule is CCOC(=O)c1nc(N(C)Cc2ccsc2)sc1C. The first-order valence-corrected chi connectivity index (χ1v) is 7.74. The Morgan fingerprint density at radius 3 is 2.95 bits per heavy atom. The summed E-state index contributed by atoms with van der Waals surface area (Å²) >= 11 is 3.19. The summed E-state index contributed by atoms with van der Waals surface area (Å²) in [6.45, 7) is 4.85. The Morgan fingerprint density at radius 2 is 2.32 bits per heavy atom. The van der Waals surface area contributed by atoms with Crippen molar-refractivity contribution in [2.45, 2.75) is 20.4 Å². The van der Waals surface area contributed by atoms with Crippen molar-refractivity contribution in [3.8, 4) is 0 Å². The lowest BCUT2D eigenvalue weighted by Gasteiger charge is -2.14. The molecular weight excluding hydrogens is 280 g/mol. The quantitative estimate of drug-likeness (QED) is 0.794. The van der Waals surface area contributed by atoms with Gasteiger partial charge >= 0.3 is 5.97 Å². The monoisotopic (exact) mass is 296 g/mol. The van der Waals surface area contributed by atoms with Crippen LogP contribution in [0.1, 0.15) is 27.9 Å². The first-order valence-electron chi connectivity index (χ1n) is 5.98. The van der Waals surface area contributed by atoms with Crippen molar-refractivity contribution < 1.29 is 9.53 Å². The van der Waals surface area contributed by atoms with Crippen molar-refractivity contribution in [2.24, 2.45) is 0 Å². The molecule has 0 radical (unpaired) electrons. The van der Waals surface area contributed by atoms with E-state index in [9.17, 15) is 4.79 Å². The fourth-order valence-corrected chi connectivity index (χ4v) is 3.18. The standard InChI is InChI=1S/C13H16N2O2S2/c1-4-17-12(16)11-9(2)19-13(14-11)15(3)7-10-5-6-18-8-10/h5-6,8H,4,7H2,1-3H3. The molecule has 0 fully saturated rings. The molecule has 0 unspecified atom stereocenters. The zero-order chi connectivity index (χ0) is 13.8. The summed E-state index contributed by atoms with van der Waals surface area (Å²) in [5.41, 5.74) is 1.68. The minimum atomic E-state index is -0.341. The molecule has 0 saturated carbocycles. The number of esters is 1. The van der Waals surface area contributed by atoms with Crippen LogP contribution in [0.25, 0.3) is 0 Å². The average Bonchev–Trinajstić information content (AvgIpc) is 2.98. The average molecular weight is 296 g/mol. The van der Waals surface area contributed by atoms with Gasteiger partial charge in [-0.05, 0) is 36.2 Å². The van der Waals surface area contributed by atoms with Gasteiger partial charge in [0.25, 0.3) is 0 Å². The van der Waals surface area contributed by atoms with Crippen LogP contribution in [-0.4, -0.2) is 24.6 Å². The molecule has 0 aliphatic carbocycles. The summed E-state index contributed by atoms with van der Waals surface area (Å²) in [5, 5.41) is 5.01. The third kappa shape index (κ3) is 3.33. The van der Waals surface area contributed by atoms with Crippen LogP contribution >= 0.6 is 22.7 Å². The minimum Gasteiger partial charge on any atom is -0.461 e. The van der Waals surface area contributed by atoms with Gasteiger partial charge in [0.05, 0.1) is 6.61 Å². The van der Waals surface area contributed by atoms with Crippen LogP contribution in [-0.2, 0) is 11.3 Å². The maximum atomic E-state index is 11.7. The Labute approximate surface area is 120 Å². The highest BCUT2D eigenvalue weighted by Crippen LogP contribution is 2.26. The first-order chi connectivity index (χ1) is 9.11. The number of nitrogens with zero attached hydrogens (tertiary/aromatic N) is 2. The number of thiazole rings is 1. The van der Waals surface area contributed by atoms with E-state index in [1.165, 1.54) is 16.9 Å². The summed E-state index contributed by atoms with van der Waals surface area (Å²) in [5.74, 6) is -0.341. The summed E-state index contributed by atoms with van der Waals surface area (Å²) in [6, 6.07) is 2.09. The Bertz CT molecular complexity index is 549. The van der Waals surface area contributed by atoms with E-state index in [0.717, 1.165) is 16.6 Å². The second-order valence-electron chi connectivity index (χ2n) is 4.11. The molecule has 0 aliphatic heterocycles. The lowest BCUT2D eigenvalue weighted by molar-refractivity contribution is 0.0519. The highest BCUT2D eigenvalue weighted by atomic mass is 32.1. The van der Waals surface area contributed by atoms with E-state index in [-0.39, 0.29) is 5.97 Å². The van der Waals surface area contributed by atoms with E-state index < -0.39 is 0 Å². The molecule has 19 heavy (non-hydrogen) atoms. The molecule has 2 aromatic rings. The van der Waals surface area contributed by atoms with Gasteiger partial charge < -0.3 is 9.64 Å². The summed E-state index contributed by atoms with van der Waals surface area (Å²) in [4.78, 5) is 19.0. The zero-order valence-corrected chi connectivity index (χ0v) is 12.8. The van der Waals surface area contributed by atoms with Crippen molar-refractivity contribution in [2.75, 3.05) is 18.6 Å². The van der Waals surface area contributed by atoms with Gasteiger partial charge in [-0.1, -0.05) is 0 Å². The van der Waals surface area contributed by atoms with Crippen LogP contribution in [0.3, 0.4) is 0 Å². The molecule has 0 spiro atoms. The van der Waals surface area contributed by atoms with Crippen LogP contribution in [0.4, 0.5) is 5.13 Å². The lowest BCUT2D eigenvalue weighted by Crippen LogP contribution is -2.16. The van der Waals surface area contributed by atoms with E-state index in [1.807, 2.05) is 18.9 Å². The van der Waals surface area contributed by atoms with Gasteiger partial charge in [-0.15, -0.1) is 11.3 Å². The van der Waals surface area contributed by atoms with E-state index >= 15 is 0 Å². The number of carbonyl (C=O) groups is 1. The molecule has 0 saturated heterocycles. The fraction of sp³-hybridized carbons (Fsp3) is 0.385. The third-order valence-electron chi connectivity index (χ3n) is 2.58. The molecule has 102 valence electrons. The molecule has 0 amide bonds. The van der Waals surface area contributed by atoms with Gasteiger partial charge in [0.15, 0.2) is 10.8 Å². The molecule has 4 nitrogen and oxygen atoms in total. The van der Waals surface area contributed by atoms with E-state index in [2.05, 4.69) is 21.8 Å². The Balaban J connectivity index is 2.12. The summed E-state index contributed by atoms with van der Waals surface area (Å²) in [7, 11) is 1.98. The van der Waals surface area contributed by atoms with Crippen molar-refractivity contribution in [1.82, 2.24) is 4.98 Å². The van der Waals surface area contributed by atoms with Crippen LogP contribution < -0.4 is 4.90 Å². The zero-order valence-electron chi connectivity index (χ0n) is 11.2. The maximum Gasteiger partial charge on any atom is 0.358 e. The number of anilines is 1. The van der Waals surface area contributed by atoms with E-state index in [4.69, 9.17) is 4.74 Å². The van der Waals surface area contributed by atoms with Gasteiger partial charge in [0, 0.05) is 18.5 Å². The van der Waals surface area contributed by atoms with Gasteiger partial charge in [0.2, 0.25) is 0 Å². The molecule has 6 heteroatoms. The van der Waals surface area contributed by atoms with Gasteiger partial charge in [-0.25, -0.2) is 9.78 Å². The van der Waals surface area contributed by atoms with Crippen LogP contribution in [0.15, 0.2) is 16.8 Å². The molecule has 2 aromatic heterocycles. The van der Waals surface area contributed by atoms with Crippen LogP contribution in [0.2, 0.25) is 0 Å². The number of ether oxygens (including phenoxy) is 1. The van der Waals surface area contributed by atoms with E-state index in [1.54, 1.807) is 18.3 Å².